The minimum atomic E-state index is -0.388. The summed E-state index contributed by atoms with van der Waals surface area (Å²) in [6, 6.07) is 8.75. The van der Waals surface area contributed by atoms with E-state index in [-0.39, 0.29) is 11.2 Å². The third-order valence-electron chi connectivity index (χ3n) is 3.42. The van der Waals surface area contributed by atoms with Gasteiger partial charge in [-0.1, -0.05) is 0 Å². The van der Waals surface area contributed by atoms with Gasteiger partial charge < -0.3 is 9.30 Å². The standard InChI is InChI=1S/C15H16N6O3/c22-13-7-9-21(15(23)16-13)8-1-2-10-24-12-5-3-11(4-6-12)14-17-19-20-18-14/h3-7,9H,1-2,8,10H2,(H,16,22,23)(H,17,18,19,20). The molecule has 0 radical (unpaired) electrons. The van der Waals surface area contributed by atoms with Gasteiger partial charge in [-0.15, -0.1) is 10.2 Å². The highest BCUT2D eigenvalue weighted by Crippen LogP contribution is 2.18. The van der Waals surface area contributed by atoms with Crippen molar-refractivity contribution in [3.8, 4) is 17.1 Å². The van der Waals surface area contributed by atoms with Gasteiger partial charge in [-0.05, 0) is 42.3 Å². The quantitative estimate of drug-likeness (QED) is 0.612. The number of aromatic amines is 2. The first kappa shape index (κ1) is 15.7. The van der Waals surface area contributed by atoms with Gasteiger partial charge in [0, 0.05) is 24.4 Å². The van der Waals surface area contributed by atoms with Crippen molar-refractivity contribution in [1.82, 2.24) is 30.2 Å². The summed E-state index contributed by atoms with van der Waals surface area (Å²) in [6.45, 7) is 1.08. The second-order valence-corrected chi connectivity index (χ2v) is 5.12. The number of ether oxygens (including phenoxy) is 1. The number of hydrogen-bond acceptors (Lipinski definition) is 6. The number of unbranched alkanes of at least 4 members (excludes halogenated alkanes) is 1. The molecule has 24 heavy (non-hydrogen) atoms. The molecule has 0 unspecified atom stereocenters. The Balaban J connectivity index is 1.43. The van der Waals surface area contributed by atoms with Crippen molar-refractivity contribution in [1.29, 1.82) is 0 Å². The second-order valence-electron chi connectivity index (χ2n) is 5.12. The van der Waals surface area contributed by atoms with Crippen LogP contribution in [-0.2, 0) is 6.54 Å². The van der Waals surface area contributed by atoms with Crippen LogP contribution in [-0.4, -0.2) is 36.8 Å². The number of benzene rings is 1. The van der Waals surface area contributed by atoms with Crippen LogP contribution >= 0.6 is 0 Å². The van der Waals surface area contributed by atoms with Gasteiger partial charge in [-0.3, -0.25) is 9.78 Å². The fraction of sp³-hybridized carbons (Fsp3) is 0.267. The minimum Gasteiger partial charge on any atom is -0.494 e. The summed E-state index contributed by atoms with van der Waals surface area (Å²) >= 11 is 0. The van der Waals surface area contributed by atoms with E-state index in [1.165, 1.54) is 16.8 Å². The van der Waals surface area contributed by atoms with Crippen LogP contribution < -0.4 is 16.0 Å². The van der Waals surface area contributed by atoms with Crippen molar-refractivity contribution in [2.45, 2.75) is 19.4 Å². The molecule has 2 aromatic heterocycles. The maximum absolute atomic E-state index is 11.5. The van der Waals surface area contributed by atoms with Crippen LogP contribution in [0.2, 0.25) is 0 Å². The molecular weight excluding hydrogens is 312 g/mol. The lowest BCUT2D eigenvalue weighted by molar-refractivity contribution is 0.302. The Hall–Kier alpha value is -3.23. The molecule has 2 N–H and O–H groups in total. The molecule has 0 amide bonds. The molecule has 0 saturated carbocycles. The van der Waals surface area contributed by atoms with Gasteiger partial charge in [0.05, 0.1) is 6.61 Å². The van der Waals surface area contributed by atoms with Crippen molar-refractivity contribution >= 4 is 0 Å². The van der Waals surface area contributed by atoms with Gasteiger partial charge >= 0.3 is 5.69 Å². The molecule has 0 aliphatic carbocycles. The maximum Gasteiger partial charge on any atom is 0.328 e. The van der Waals surface area contributed by atoms with Crippen LogP contribution in [0.1, 0.15) is 12.8 Å². The van der Waals surface area contributed by atoms with Crippen molar-refractivity contribution in [2.75, 3.05) is 6.61 Å². The molecule has 124 valence electrons. The molecule has 0 bridgehead atoms. The van der Waals surface area contributed by atoms with E-state index in [1.807, 2.05) is 24.3 Å². The number of rotatable bonds is 7. The van der Waals surface area contributed by atoms with Gasteiger partial charge in [0.1, 0.15) is 5.75 Å². The Morgan fingerprint density at radius 1 is 1.08 bits per heavy atom. The Morgan fingerprint density at radius 3 is 2.62 bits per heavy atom. The summed E-state index contributed by atoms with van der Waals surface area (Å²) in [5, 5.41) is 13.7. The van der Waals surface area contributed by atoms with E-state index in [2.05, 4.69) is 25.6 Å². The topological polar surface area (TPSA) is 119 Å². The van der Waals surface area contributed by atoms with Crippen LogP contribution in [0.25, 0.3) is 11.4 Å². The number of H-pyrrole nitrogens is 2. The van der Waals surface area contributed by atoms with Crippen molar-refractivity contribution in [3.63, 3.8) is 0 Å². The van der Waals surface area contributed by atoms with E-state index < -0.39 is 0 Å². The van der Waals surface area contributed by atoms with Crippen LogP contribution in [0.15, 0.2) is 46.1 Å². The first-order chi connectivity index (χ1) is 11.7. The SMILES string of the molecule is O=c1ccn(CCCCOc2ccc(-c3nn[nH]n3)cc2)c(=O)[nH]1. The number of nitrogens with zero attached hydrogens (tertiary/aromatic N) is 4. The highest BCUT2D eigenvalue weighted by atomic mass is 16.5. The van der Waals surface area contributed by atoms with Gasteiger partial charge in [0.25, 0.3) is 5.56 Å². The number of aromatic nitrogens is 6. The van der Waals surface area contributed by atoms with E-state index in [9.17, 15) is 9.59 Å². The Kier molecular flexibility index (Phi) is 4.80. The average Bonchev–Trinajstić information content (AvgIpc) is 3.11. The largest absolute Gasteiger partial charge is 0.494 e. The lowest BCUT2D eigenvalue weighted by Crippen LogP contribution is -2.28. The molecular formula is C15H16N6O3. The molecule has 0 fully saturated rings. The number of tetrazole rings is 1. The molecule has 3 aromatic rings. The zero-order chi connectivity index (χ0) is 16.8. The van der Waals surface area contributed by atoms with E-state index in [1.54, 1.807) is 0 Å². The molecule has 0 aliphatic heterocycles. The summed E-state index contributed by atoms with van der Waals surface area (Å²) < 4.78 is 7.13. The van der Waals surface area contributed by atoms with Crippen molar-refractivity contribution in [3.05, 3.63) is 57.4 Å². The smallest absolute Gasteiger partial charge is 0.328 e. The second kappa shape index (κ2) is 7.36. The Labute approximate surface area is 136 Å². The van der Waals surface area contributed by atoms with Gasteiger partial charge in [-0.25, -0.2) is 4.79 Å². The zero-order valence-corrected chi connectivity index (χ0v) is 12.8. The van der Waals surface area contributed by atoms with E-state index in [0.717, 1.165) is 24.2 Å². The number of aryl methyl sites for hydroxylation is 1. The fourth-order valence-electron chi connectivity index (χ4n) is 2.18. The minimum absolute atomic E-state index is 0.385. The van der Waals surface area contributed by atoms with Crippen LogP contribution in [0.4, 0.5) is 0 Å². The number of hydrogen-bond donors (Lipinski definition) is 2. The average molecular weight is 328 g/mol. The summed E-state index contributed by atoms with van der Waals surface area (Å²) in [7, 11) is 0. The van der Waals surface area contributed by atoms with Crippen molar-refractivity contribution < 1.29 is 4.74 Å². The molecule has 2 heterocycles. The molecule has 0 aliphatic rings. The van der Waals surface area contributed by atoms with Gasteiger partial charge in [-0.2, -0.15) is 5.21 Å². The van der Waals surface area contributed by atoms with Gasteiger partial charge in [0.2, 0.25) is 5.82 Å². The van der Waals surface area contributed by atoms with E-state index >= 15 is 0 Å². The lowest BCUT2D eigenvalue weighted by atomic mass is 10.2. The molecule has 0 saturated heterocycles. The summed E-state index contributed by atoms with van der Waals surface area (Å²) in [4.78, 5) is 24.7. The summed E-state index contributed by atoms with van der Waals surface area (Å²) in [6.07, 6.45) is 3.06. The molecule has 0 atom stereocenters. The first-order valence-corrected chi connectivity index (χ1v) is 7.49. The maximum atomic E-state index is 11.5. The van der Waals surface area contributed by atoms with Crippen molar-refractivity contribution in [2.24, 2.45) is 0 Å². The van der Waals surface area contributed by atoms with E-state index in [4.69, 9.17) is 4.74 Å². The summed E-state index contributed by atoms with van der Waals surface area (Å²) in [5.74, 6) is 1.29. The van der Waals surface area contributed by atoms with Gasteiger partial charge in [0.15, 0.2) is 0 Å². The molecule has 1 aromatic carbocycles. The molecule has 9 heteroatoms. The zero-order valence-electron chi connectivity index (χ0n) is 12.8. The van der Waals surface area contributed by atoms with E-state index in [0.29, 0.717) is 19.0 Å². The predicted octanol–water partition coefficient (Wildman–Crippen LogP) is 0.576. The normalized spacial score (nSPS) is 10.7. The first-order valence-electron chi connectivity index (χ1n) is 7.49. The van der Waals surface area contributed by atoms with Crippen LogP contribution in [0.5, 0.6) is 5.75 Å². The highest BCUT2D eigenvalue weighted by molar-refractivity contribution is 5.54. The summed E-state index contributed by atoms with van der Waals surface area (Å²) in [5.41, 5.74) is 0.0814. The lowest BCUT2D eigenvalue weighted by Gasteiger charge is -2.07. The highest BCUT2D eigenvalue weighted by Gasteiger charge is 2.03. The van der Waals surface area contributed by atoms with Crippen LogP contribution in [0, 0.1) is 0 Å². The van der Waals surface area contributed by atoms with Crippen LogP contribution in [0.3, 0.4) is 0 Å². The number of nitrogens with one attached hydrogen (secondary N) is 2. The Bertz CT molecular complexity index is 883. The molecule has 3 rings (SSSR count). The fourth-order valence-corrected chi connectivity index (χ4v) is 2.18. The monoisotopic (exact) mass is 328 g/mol. The third kappa shape index (κ3) is 3.94. The predicted molar refractivity (Wildman–Crippen MR) is 85.7 cm³/mol. The third-order valence-corrected chi connectivity index (χ3v) is 3.42. The molecule has 0 spiro atoms. The Morgan fingerprint density at radius 2 is 1.92 bits per heavy atom. The molecule has 9 nitrogen and oxygen atoms in total.